The molecule has 0 atom stereocenters. The van der Waals surface area contributed by atoms with Crippen LogP contribution >= 0.6 is 0 Å². The molecule has 30 heavy (non-hydrogen) atoms. The van der Waals surface area contributed by atoms with Gasteiger partial charge in [0.15, 0.2) is 0 Å². The number of nitrogens with zero attached hydrogens (tertiary/aromatic N) is 1. The van der Waals surface area contributed by atoms with Crippen molar-refractivity contribution in [1.82, 2.24) is 4.98 Å². The van der Waals surface area contributed by atoms with Crippen LogP contribution in [0.15, 0.2) is 59.1 Å². The summed E-state index contributed by atoms with van der Waals surface area (Å²) in [6, 6.07) is 16.2. The van der Waals surface area contributed by atoms with Crippen LogP contribution in [0.3, 0.4) is 0 Å². The third kappa shape index (κ3) is 2.96. The Bertz CT molecular complexity index is 1330. The third-order valence-corrected chi connectivity index (χ3v) is 7.13. The van der Waals surface area contributed by atoms with Gasteiger partial charge < -0.3 is 4.42 Å². The first kappa shape index (κ1) is 16.1. The standard InChI is InChI=1S/C28H31NO/c1-18-17-29-23(16-22(18)26-27(2,3)14-9-15-28(26,4)5)21-12-8-11-20-19-10-6-7-13-24(19)30-25(20)21/h6-8,10-13,16-17,26H,9,14-15H2,1-5H3/i1D3. The quantitative estimate of drug-likeness (QED) is 0.338. The number of para-hydroxylation sites is 2. The summed E-state index contributed by atoms with van der Waals surface area (Å²) in [5, 5.41) is 2.12. The molecule has 2 aromatic carbocycles. The topological polar surface area (TPSA) is 26.0 Å². The van der Waals surface area contributed by atoms with Crippen LogP contribution in [0.4, 0.5) is 0 Å². The first-order valence-electron chi connectivity index (χ1n) is 12.4. The predicted octanol–water partition coefficient (Wildman–Crippen LogP) is 8.28. The lowest BCUT2D eigenvalue weighted by Crippen LogP contribution is -2.38. The van der Waals surface area contributed by atoms with Crippen molar-refractivity contribution in [2.75, 3.05) is 0 Å². The van der Waals surface area contributed by atoms with Gasteiger partial charge in [0.2, 0.25) is 0 Å². The minimum Gasteiger partial charge on any atom is -0.455 e. The lowest BCUT2D eigenvalue weighted by Gasteiger charge is -2.50. The third-order valence-electron chi connectivity index (χ3n) is 7.13. The van der Waals surface area contributed by atoms with Gasteiger partial charge >= 0.3 is 0 Å². The van der Waals surface area contributed by atoms with Gasteiger partial charge in [-0.05, 0) is 65.8 Å². The smallest absolute Gasteiger partial charge is 0.144 e. The summed E-state index contributed by atoms with van der Waals surface area (Å²) in [4.78, 5) is 4.67. The Morgan fingerprint density at radius 2 is 1.70 bits per heavy atom. The number of furan rings is 1. The van der Waals surface area contributed by atoms with E-state index in [1.165, 1.54) is 0 Å². The molecule has 5 rings (SSSR count). The van der Waals surface area contributed by atoms with Crippen molar-refractivity contribution in [2.24, 2.45) is 10.8 Å². The van der Waals surface area contributed by atoms with E-state index in [-0.39, 0.29) is 16.7 Å². The second-order valence-corrected chi connectivity index (χ2v) is 10.2. The second kappa shape index (κ2) is 6.70. The van der Waals surface area contributed by atoms with Gasteiger partial charge in [-0.2, -0.15) is 0 Å². The van der Waals surface area contributed by atoms with Crippen LogP contribution in [0.25, 0.3) is 33.2 Å². The van der Waals surface area contributed by atoms with Crippen LogP contribution < -0.4 is 0 Å². The zero-order chi connectivity index (χ0) is 23.6. The Morgan fingerprint density at radius 3 is 2.47 bits per heavy atom. The van der Waals surface area contributed by atoms with E-state index in [1.54, 1.807) is 6.20 Å². The maximum Gasteiger partial charge on any atom is 0.144 e. The number of pyridine rings is 1. The molecule has 2 nitrogen and oxygen atoms in total. The molecule has 0 radical (unpaired) electrons. The van der Waals surface area contributed by atoms with Crippen LogP contribution in [0.5, 0.6) is 0 Å². The van der Waals surface area contributed by atoms with Crippen LogP contribution in [-0.2, 0) is 0 Å². The van der Waals surface area contributed by atoms with Crippen molar-refractivity contribution in [3.8, 4) is 11.3 Å². The van der Waals surface area contributed by atoms with E-state index in [4.69, 9.17) is 8.53 Å². The second-order valence-electron chi connectivity index (χ2n) is 10.2. The molecule has 1 aliphatic rings. The van der Waals surface area contributed by atoms with Crippen molar-refractivity contribution in [3.63, 3.8) is 0 Å². The molecule has 2 heteroatoms. The van der Waals surface area contributed by atoms with Gasteiger partial charge in [0.25, 0.3) is 0 Å². The molecule has 2 heterocycles. The molecule has 1 saturated carbocycles. The van der Waals surface area contributed by atoms with Gasteiger partial charge in [0, 0.05) is 26.6 Å². The number of hydrogen-bond donors (Lipinski definition) is 0. The molecule has 0 N–H and O–H groups in total. The van der Waals surface area contributed by atoms with Crippen molar-refractivity contribution in [1.29, 1.82) is 0 Å². The monoisotopic (exact) mass is 400 g/mol. The Morgan fingerprint density at radius 1 is 0.967 bits per heavy atom. The molecule has 1 aliphatic carbocycles. The zero-order valence-electron chi connectivity index (χ0n) is 21.3. The number of fused-ring (bicyclic) bond motifs is 3. The summed E-state index contributed by atoms with van der Waals surface area (Å²) in [6.07, 6.45) is 4.91. The SMILES string of the molecule is [2H]C([2H])([2H])c1cnc(-c2cccc3c2oc2ccccc23)cc1C1C(C)(C)CCCC1(C)C. The van der Waals surface area contributed by atoms with Crippen LogP contribution in [0, 0.1) is 17.7 Å². The molecular formula is C28H31NO. The molecule has 2 aromatic heterocycles. The van der Waals surface area contributed by atoms with Crippen LogP contribution in [0.2, 0.25) is 0 Å². The number of rotatable bonds is 2. The first-order chi connectivity index (χ1) is 15.5. The highest BCUT2D eigenvalue weighted by atomic mass is 16.3. The molecule has 0 amide bonds. The van der Waals surface area contributed by atoms with E-state index in [1.807, 2.05) is 36.4 Å². The number of aromatic nitrogens is 1. The van der Waals surface area contributed by atoms with Gasteiger partial charge in [0.05, 0.1) is 5.69 Å². The Hall–Kier alpha value is -2.61. The summed E-state index contributed by atoms with van der Waals surface area (Å²) in [6.45, 7) is 6.91. The Kier molecular flexibility index (Phi) is 3.60. The van der Waals surface area contributed by atoms with E-state index in [0.717, 1.165) is 58.0 Å². The van der Waals surface area contributed by atoms with Crippen molar-refractivity contribution >= 4 is 21.9 Å². The number of benzene rings is 2. The van der Waals surface area contributed by atoms with E-state index >= 15 is 0 Å². The maximum atomic E-state index is 8.25. The van der Waals surface area contributed by atoms with Gasteiger partial charge in [-0.25, -0.2) is 0 Å². The van der Waals surface area contributed by atoms with E-state index in [2.05, 4.69) is 44.8 Å². The highest BCUT2D eigenvalue weighted by Gasteiger charge is 2.45. The Labute approximate surface area is 183 Å². The fourth-order valence-electron chi connectivity index (χ4n) is 5.99. The van der Waals surface area contributed by atoms with Crippen LogP contribution in [-0.4, -0.2) is 4.98 Å². The predicted molar refractivity (Wildman–Crippen MR) is 126 cm³/mol. The molecule has 0 spiro atoms. The van der Waals surface area contributed by atoms with Gasteiger partial charge in [-0.15, -0.1) is 0 Å². The molecular weight excluding hydrogens is 366 g/mol. The van der Waals surface area contributed by atoms with Crippen molar-refractivity contribution < 1.29 is 8.53 Å². The lowest BCUT2D eigenvalue weighted by atomic mass is 9.55. The highest BCUT2D eigenvalue weighted by molar-refractivity contribution is 6.09. The van der Waals surface area contributed by atoms with Gasteiger partial charge in [-0.3, -0.25) is 4.98 Å². The van der Waals surface area contributed by atoms with Gasteiger partial charge in [0.1, 0.15) is 11.2 Å². The summed E-state index contributed by atoms with van der Waals surface area (Å²) in [7, 11) is 0. The van der Waals surface area contributed by atoms with Crippen molar-refractivity contribution in [3.05, 3.63) is 65.9 Å². The van der Waals surface area contributed by atoms with Crippen molar-refractivity contribution in [2.45, 2.75) is 59.7 Å². The molecule has 0 saturated heterocycles. The van der Waals surface area contributed by atoms with E-state index < -0.39 is 6.85 Å². The maximum absolute atomic E-state index is 8.25. The molecule has 154 valence electrons. The molecule has 1 fully saturated rings. The van der Waals surface area contributed by atoms with E-state index in [9.17, 15) is 0 Å². The molecule has 4 aromatic rings. The normalized spacial score (nSPS) is 20.7. The zero-order valence-corrected chi connectivity index (χ0v) is 18.3. The van der Waals surface area contributed by atoms with Gasteiger partial charge in [-0.1, -0.05) is 64.4 Å². The molecule has 0 aliphatic heterocycles. The fraction of sp³-hybridized carbons (Fsp3) is 0.393. The summed E-state index contributed by atoms with van der Waals surface area (Å²) in [5.41, 5.74) is 4.55. The Balaban J connectivity index is 1.77. The fourth-order valence-corrected chi connectivity index (χ4v) is 5.99. The average molecular weight is 401 g/mol. The highest BCUT2D eigenvalue weighted by Crippen LogP contribution is 2.57. The number of aryl methyl sites for hydroxylation is 1. The summed E-state index contributed by atoms with van der Waals surface area (Å²) < 4.78 is 31.0. The minimum atomic E-state index is -2.21. The summed E-state index contributed by atoms with van der Waals surface area (Å²) >= 11 is 0. The minimum absolute atomic E-state index is 0.00819. The average Bonchev–Trinajstić information content (AvgIpc) is 3.10. The first-order valence-corrected chi connectivity index (χ1v) is 10.9. The van der Waals surface area contributed by atoms with E-state index in [0.29, 0.717) is 5.56 Å². The lowest BCUT2D eigenvalue weighted by molar-refractivity contribution is 0.0723. The molecule has 0 unspecified atom stereocenters. The largest absolute Gasteiger partial charge is 0.455 e. The molecule has 0 bridgehead atoms. The number of hydrogen-bond acceptors (Lipinski definition) is 2. The summed E-state index contributed by atoms with van der Waals surface area (Å²) in [5.74, 6) is 0.116. The van der Waals surface area contributed by atoms with Crippen LogP contribution in [0.1, 0.15) is 68.1 Å².